The Morgan fingerprint density at radius 1 is 1.24 bits per heavy atom. The van der Waals surface area contributed by atoms with E-state index < -0.39 is 21.7 Å². The van der Waals surface area contributed by atoms with Gasteiger partial charge in [-0.3, -0.25) is 10.1 Å². The molecule has 3 rings (SSSR count). The maximum Gasteiger partial charge on any atom is 0.260 e. The molecule has 0 aliphatic carbocycles. The number of anilines is 1. The number of para-hydroxylation sites is 2. The molecule has 0 unspecified atom stereocenters. The molecule has 25 heavy (non-hydrogen) atoms. The molecule has 0 saturated carbocycles. The molecule has 1 amide bonds. The standard InChI is InChI=1S/C16H15FN4O3S/c1-2-18-25(23,24)10-7-8-12(17)11(9-10)15(22)21-16-19-13-5-3-4-6-14(13)20-16/h3-9,18H,2H2,1H3,(H2,19,20,21,22). The molecule has 0 aliphatic rings. The zero-order chi connectivity index (χ0) is 18.0. The number of benzene rings is 2. The summed E-state index contributed by atoms with van der Waals surface area (Å²) in [5, 5.41) is 2.44. The second-order valence-electron chi connectivity index (χ2n) is 5.20. The van der Waals surface area contributed by atoms with Crippen LogP contribution in [-0.4, -0.2) is 30.8 Å². The Labute approximate surface area is 143 Å². The molecule has 1 aromatic heterocycles. The van der Waals surface area contributed by atoms with Crippen LogP contribution in [0.5, 0.6) is 0 Å². The molecule has 0 saturated heterocycles. The predicted molar refractivity (Wildman–Crippen MR) is 91.3 cm³/mol. The van der Waals surface area contributed by atoms with Gasteiger partial charge in [0.1, 0.15) is 5.82 Å². The van der Waals surface area contributed by atoms with Gasteiger partial charge in [0.2, 0.25) is 16.0 Å². The monoisotopic (exact) mass is 362 g/mol. The van der Waals surface area contributed by atoms with E-state index in [9.17, 15) is 17.6 Å². The first kappa shape index (κ1) is 17.1. The lowest BCUT2D eigenvalue weighted by atomic mass is 10.2. The van der Waals surface area contributed by atoms with E-state index in [1.54, 1.807) is 31.2 Å². The number of carbonyl (C=O) groups is 1. The van der Waals surface area contributed by atoms with E-state index in [1.165, 1.54) is 0 Å². The number of imidazole rings is 1. The van der Waals surface area contributed by atoms with Crippen molar-refractivity contribution in [2.45, 2.75) is 11.8 Å². The van der Waals surface area contributed by atoms with E-state index in [1.807, 2.05) is 0 Å². The Morgan fingerprint density at radius 2 is 2.00 bits per heavy atom. The zero-order valence-corrected chi connectivity index (χ0v) is 14.0. The van der Waals surface area contributed by atoms with Crippen molar-refractivity contribution in [2.24, 2.45) is 0 Å². The van der Waals surface area contributed by atoms with Crippen molar-refractivity contribution in [2.75, 3.05) is 11.9 Å². The SMILES string of the molecule is CCNS(=O)(=O)c1ccc(F)c(C(=O)Nc2nc3ccccc3[nH]2)c1. The van der Waals surface area contributed by atoms with Crippen LogP contribution in [0.1, 0.15) is 17.3 Å². The van der Waals surface area contributed by atoms with Crippen LogP contribution in [0.2, 0.25) is 0 Å². The molecular formula is C16H15FN4O3S. The number of hydrogen-bond acceptors (Lipinski definition) is 4. The summed E-state index contributed by atoms with van der Waals surface area (Å²) >= 11 is 0. The molecule has 9 heteroatoms. The van der Waals surface area contributed by atoms with Gasteiger partial charge in [0.25, 0.3) is 5.91 Å². The fourth-order valence-electron chi connectivity index (χ4n) is 2.31. The lowest BCUT2D eigenvalue weighted by Gasteiger charge is -2.08. The average molecular weight is 362 g/mol. The fourth-order valence-corrected chi connectivity index (χ4v) is 3.37. The average Bonchev–Trinajstić information content (AvgIpc) is 2.97. The molecule has 130 valence electrons. The van der Waals surface area contributed by atoms with E-state index in [2.05, 4.69) is 20.0 Å². The number of aromatic nitrogens is 2. The molecule has 0 spiro atoms. The minimum atomic E-state index is -3.80. The lowest BCUT2D eigenvalue weighted by molar-refractivity contribution is 0.102. The third-order valence-electron chi connectivity index (χ3n) is 3.45. The van der Waals surface area contributed by atoms with Gasteiger partial charge >= 0.3 is 0 Å². The minimum absolute atomic E-state index is 0.144. The molecule has 0 fully saturated rings. The van der Waals surface area contributed by atoms with Crippen molar-refractivity contribution in [1.82, 2.24) is 14.7 Å². The van der Waals surface area contributed by atoms with Crippen LogP contribution in [0.15, 0.2) is 47.4 Å². The van der Waals surface area contributed by atoms with Gasteiger partial charge in [0, 0.05) is 6.54 Å². The van der Waals surface area contributed by atoms with Crippen LogP contribution in [0.3, 0.4) is 0 Å². The van der Waals surface area contributed by atoms with Crippen molar-refractivity contribution in [3.63, 3.8) is 0 Å². The molecule has 3 aromatic rings. The van der Waals surface area contributed by atoms with Crippen LogP contribution < -0.4 is 10.0 Å². The van der Waals surface area contributed by atoms with E-state index in [-0.39, 0.29) is 23.0 Å². The normalized spacial score (nSPS) is 11.6. The summed E-state index contributed by atoms with van der Waals surface area (Å²) in [4.78, 5) is 19.2. The number of H-pyrrole nitrogens is 1. The molecule has 0 atom stereocenters. The van der Waals surface area contributed by atoms with Crippen LogP contribution in [0.4, 0.5) is 10.3 Å². The second kappa shape index (κ2) is 6.61. The summed E-state index contributed by atoms with van der Waals surface area (Å²) in [7, 11) is -3.80. The summed E-state index contributed by atoms with van der Waals surface area (Å²) in [6.07, 6.45) is 0. The van der Waals surface area contributed by atoms with E-state index in [0.29, 0.717) is 11.0 Å². The summed E-state index contributed by atoms with van der Waals surface area (Å²) < 4.78 is 40.3. The second-order valence-corrected chi connectivity index (χ2v) is 6.97. The van der Waals surface area contributed by atoms with Gasteiger partial charge in [0.05, 0.1) is 21.5 Å². The van der Waals surface area contributed by atoms with Crippen molar-refractivity contribution in [1.29, 1.82) is 0 Å². The Bertz CT molecular complexity index is 1010. The zero-order valence-electron chi connectivity index (χ0n) is 13.2. The number of nitrogens with zero attached hydrogens (tertiary/aromatic N) is 1. The van der Waals surface area contributed by atoms with Gasteiger partial charge < -0.3 is 4.98 Å². The van der Waals surface area contributed by atoms with Gasteiger partial charge in [-0.05, 0) is 30.3 Å². The molecule has 2 aromatic carbocycles. The van der Waals surface area contributed by atoms with Gasteiger partial charge in [-0.15, -0.1) is 0 Å². The van der Waals surface area contributed by atoms with Crippen molar-refractivity contribution in [3.05, 3.63) is 53.8 Å². The molecular weight excluding hydrogens is 347 g/mol. The van der Waals surface area contributed by atoms with Crippen LogP contribution in [0.25, 0.3) is 11.0 Å². The third kappa shape index (κ3) is 3.52. The molecule has 0 aliphatic heterocycles. The van der Waals surface area contributed by atoms with Gasteiger partial charge in [-0.25, -0.2) is 22.5 Å². The van der Waals surface area contributed by atoms with Crippen LogP contribution >= 0.6 is 0 Å². The largest absolute Gasteiger partial charge is 0.324 e. The fraction of sp³-hybridized carbons (Fsp3) is 0.125. The smallest absolute Gasteiger partial charge is 0.260 e. The molecule has 7 nitrogen and oxygen atoms in total. The molecule has 3 N–H and O–H groups in total. The van der Waals surface area contributed by atoms with Crippen LogP contribution in [0, 0.1) is 5.82 Å². The highest BCUT2D eigenvalue weighted by molar-refractivity contribution is 7.89. The van der Waals surface area contributed by atoms with Gasteiger partial charge in [-0.1, -0.05) is 19.1 Å². The highest BCUT2D eigenvalue weighted by atomic mass is 32.2. The number of sulfonamides is 1. The number of hydrogen-bond donors (Lipinski definition) is 3. The first-order valence-corrected chi connectivity index (χ1v) is 8.94. The summed E-state index contributed by atoms with van der Waals surface area (Å²) in [6, 6.07) is 10.2. The topological polar surface area (TPSA) is 104 Å². The highest BCUT2D eigenvalue weighted by Gasteiger charge is 2.19. The molecule has 1 heterocycles. The summed E-state index contributed by atoms with van der Waals surface area (Å²) in [5.74, 6) is -1.49. The van der Waals surface area contributed by atoms with Crippen molar-refractivity contribution >= 4 is 32.9 Å². The van der Waals surface area contributed by atoms with Gasteiger partial charge in [0.15, 0.2) is 0 Å². The summed E-state index contributed by atoms with van der Waals surface area (Å²) in [6.45, 7) is 1.80. The Kier molecular flexibility index (Phi) is 4.51. The Balaban J connectivity index is 1.91. The van der Waals surface area contributed by atoms with E-state index in [0.717, 1.165) is 18.2 Å². The number of carbonyl (C=O) groups excluding carboxylic acids is 1. The molecule has 0 bridgehead atoms. The number of amides is 1. The summed E-state index contributed by atoms with van der Waals surface area (Å²) in [5.41, 5.74) is 0.961. The lowest BCUT2D eigenvalue weighted by Crippen LogP contribution is -2.24. The predicted octanol–water partition coefficient (Wildman–Crippen LogP) is 2.25. The Morgan fingerprint density at radius 3 is 2.72 bits per heavy atom. The highest BCUT2D eigenvalue weighted by Crippen LogP contribution is 2.18. The third-order valence-corrected chi connectivity index (χ3v) is 4.99. The number of rotatable bonds is 5. The van der Waals surface area contributed by atoms with Crippen molar-refractivity contribution < 1.29 is 17.6 Å². The number of halogens is 1. The minimum Gasteiger partial charge on any atom is -0.324 e. The molecule has 0 radical (unpaired) electrons. The quantitative estimate of drug-likeness (QED) is 0.647. The first-order chi connectivity index (χ1) is 11.9. The van der Waals surface area contributed by atoms with Gasteiger partial charge in [-0.2, -0.15) is 0 Å². The number of aromatic amines is 1. The number of nitrogens with one attached hydrogen (secondary N) is 3. The van der Waals surface area contributed by atoms with Crippen molar-refractivity contribution in [3.8, 4) is 0 Å². The Hall–Kier alpha value is -2.78. The van der Waals surface area contributed by atoms with E-state index in [4.69, 9.17) is 0 Å². The number of fused-ring (bicyclic) bond motifs is 1. The first-order valence-electron chi connectivity index (χ1n) is 7.46. The maximum absolute atomic E-state index is 14.0. The maximum atomic E-state index is 14.0. The van der Waals surface area contributed by atoms with Crippen LogP contribution in [-0.2, 0) is 10.0 Å². The van der Waals surface area contributed by atoms with E-state index >= 15 is 0 Å².